The predicted octanol–water partition coefficient (Wildman–Crippen LogP) is 2.31. The van der Waals surface area contributed by atoms with Crippen molar-refractivity contribution in [3.63, 3.8) is 0 Å². The molecule has 0 aliphatic rings. The molecule has 0 bridgehead atoms. The molecule has 0 fully saturated rings. The molecule has 2 aromatic carbocycles. The number of benzene rings is 2. The highest BCUT2D eigenvalue weighted by atomic mass is 16.5. The largest absolute Gasteiger partial charge is 0.623 e. The van der Waals surface area contributed by atoms with Gasteiger partial charge in [-0.15, -0.1) is 0 Å². The number of hydrogen-bond acceptors (Lipinski definition) is 2. The van der Waals surface area contributed by atoms with Crippen molar-refractivity contribution in [1.82, 2.24) is 0 Å². The summed E-state index contributed by atoms with van der Waals surface area (Å²) in [6, 6.07) is 16.9. The molecule has 0 radical (unpaired) electrons. The molecule has 0 amide bonds. The normalized spacial score (nSPS) is 12.9. The molecule has 0 spiro atoms. The third-order valence-electron chi connectivity index (χ3n) is 2.94. The number of hydroxylamine groups is 1. The van der Waals surface area contributed by atoms with Crippen LogP contribution in [-0.2, 0) is 11.2 Å². The molecule has 1 N–H and O–H groups in total. The lowest BCUT2D eigenvalue weighted by Gasteiger charge is -2.13. The molecule has 0 saturated carbocycles. The standard InChI is InChI=1S/C16H15NO3/c18-16(19)15(11-13-7-3-1-4-8-13)17(20)12-14-9-5-2-6-10-14/h1-10,12,15H,11H2,(H,18,19)/b17-12-/t15-/m1/s1. The minimum atomic E-state index is -1.13. The van der Waals surface area contributed by atoms with Gasteiger partial charge in [0.25, 0.3) is 6.04 Å². The van der Waals surface area contributed by atoms with E-state index >= 15 is 0 Å². The van der Waals surface area contributed by atoms with E-state index in [0.717, 1.165) is 5.56 Å². The summed E-state index contributed by atoms with van der Waals surface area (Å²) in [5.74, 6) is -1.13. The maximum Gasteiger partial charge on any atom is 0.374 e. The van der Waals surface area contributed by atoms with Crippen LogP contribution in [0, 0.1) is 5.21 Å². The van der Waals surface area contributed by atoms with Gasteiger partial charge in [0, 0.05) is 12.0 Å². The number of nitrogens with zero attached hydrogens (tertiary/aromatic N) is 1. The Balaban J connectivity index is 2.21. The Morgan fingerprint density at radius 2 is 1.65 bits per heavy atom. The van der Waals surface area contributed by atoms with Gasteiger partial charge >= 0.3 is 5.97 Å². The fourth-order valence-electron chi connectivity index (χ4n) is 1.90. The van der Waals surface area contributed by atoms with Gasteiger partial charge in [0.1, 0.15) is 0 Å². The van der Waals surface area contributed by atoms with Crippen LogP contribution in [0.3, 0.4) is 0 Å². The van der Waals surface area contributed by atoms with Crippen molar-refractivity contribution in [3.8, 4) is 0 Å². The highest BCUT2D eigenvalue weighted by Gasteiger charge is 2.25. The number of carboxylic acid groups (broad SMARTS) is 1. The zero-order valence-electron chi connectivity index (χ0n) is 10.8. The first-order chi connectivity index (χ1) is 9.66. The van der Waals surface area contributed by atoms with E-state index in [2.05, 4.69) is 0 Å². The summed E-state index contributed by atoms with van der Waals surface area (Å²) < 4.78 is 0.505. The van der Waals surface area contributed by atoms with Gasteiger partial charge in [-0.3, -0.25) is 0 Å². The second kappa shape index (κ2) is 6.52. The SMILES string of the molecule is O=C(O)[C@@H](Cc1ccccc1)/[N+]([O-])=C/c1ccccc1. The predicted molar refractivity (Wildman–Crippen MR) is 76.8 cm³/mol. The molecule has 2 rings (SSSR count). The van der Waals surface area contributed by atoms with E-state index in [4.69, 9.17) is 0 Å². The lowest BCUT2D eigenvalue weighted by molar-refractivity contribution is -0.483. The molecule has 20 heavy (non-hydrogen) atoms. The van der Waals surface area contributed by atoms with Gasteiger partial charge in [-0.1, -0.05) is 48.5 Å². The van der Waals surface area contributed by atoms with Crippen LogP contribution in [0.25, 0.3) is 0 Å². The van der Waals surface area contributed by atoms with Gasteiger partial charge in [-0.2, -0.15) is 4.74 Å². The van der Waals surface area contributed by atoms with E-state index in [1.165, 1.54) is 6.21 Å². The minimum absolute atomic E-state index is 0.170. The summed E-state index contributed by atoms with van der Waals surface area (Å²) in [6.45, 7) is 0. The minimum Gasteiger partial charge on any atom is -0.623 e. The molecule has 0 unspecified atom stereocenters. The first kappa shape index (κ1) is 13.8. The van der Waals surface area contributed by atoms with E-state index < -0.39 is 12.0 Å². The van der Waals surface area contributed by atoms with Gasteiger partial charge in [0.05, 0.1) is 0 Å². The molecule has 0 aliphatic carbocycles. The zero-order chi connectivity index (χ0) is 14.4. The summed E-state index contributed by atoms with van der Waals surface area (Å²) in [5.41, 5.74) is 1.50. The van der Waals surface area contributed by atoms with Crippen LogP contribution in [0.1, 0.15) is 11.1 Å². The smallest absolute Gasteiger partial charge is 0.374 e. The topological polar surface area (TPSA) is 63.4 Å². The summed E-state index contributed by atoms with van der Waals surface area (Å²) in [4.78, 5) is 11.3. The number of hydrogen-bond donors (Lipinski definition) is 1. The molecule has 1 atom stereocenters. The van der Waals surface area contributed by atoms with Crippen molar-refractivity contribution in [3.05, 3.63) is 77.0 Å². The van der Waals surface area contributed by atoms with Gasteiger partial charge < -0.3 is 10.3 Å². The Labute approximate surface area is 117 Å². The van der Waals surface area contributed by atoms with Crippen molar-refractivity contribution >= 4 is 12.2 Å². The van der Waals surface area contributed by atoms with Crippen molar-refractivity contribution in [2.75, 3.05) is 0 Å². The third-order valence-corrected chi connectivity index (χ3v) is 2.94. The van der Waals surface area contributed by atoms with Crippen LogP contribution in [0.4, 0.5) is 0 Å². The van der Waals surface area contributed by atoms with Gasteiger partial charge in [-0.25, -0.2) is 4.79 Å². The highest BCUT2D eigenvalue weighted by molar-refractivity contribution is 5.78. The fourth-order valence-corrected chi connectivity index (χ4v) is 1.90. The molecular formula is C16H15NO3. The van der Waals surface area contributed by atoms with Crippen molar-refractivity contribution in [2.24, 2.45) is 0 Å². The number of carbonyl (C=O) groups is 1. The van der Waals surface area contributed by atoms with Gasteiger partial charge in [-0.05, 0) is 17.7 Å². The average molecular weight is 269 g/mol. The monoisotopic (exact) mass is 269 g/mol. The molecule has 0 aromatic heterocycles. The Morgan fingerprint density at radius 3 is 2.20 bits per heavy atom. The van der Waals surface area contributed by atoms with Crippen LogP contribution in [0.15, 0.2) is 60.7 Å². The van der Waals surface area contributed by atoms with E-state index in [1.54, 1.807) is 24.3 Å². The van der Waals surface area contributed by atoms with Crippen molar-refractivity contribution < 1.29 is 14.6 Å². The summed E-state index contributed by atoms with van der Waals surface area (Å²) >= 11 is 0. The van der Waals surface area contributed by atoms with E-state index in [0.29, 0.717) is 10.3 Å². The zero-order valence-corrected chi connectivity index (χ0v) is 10.8. The maximum absolute atomic E-state index is 12.0. The van der Waals surface area contributed by atoms with E-state index in [1.807, 2.05) is 36.4 Å². The molecule has 4 nitrogen and oxygen atoms in total. The lowest BCUT2D eigenvalue weighted by atomic mass is 10.1. The first-order valence-corrected chi connectivity index (χ1v) is 6.29. The van der Waals surface area contributed by atoms with E-state index in [9.17, 15) is 15.1 Å². The Morgan fingerprint density at radius 1 is 1.10 bits per heavy atom. The summed E-state index contributed by atoms with van der Waals surface area (Å²) in [7, 11) is 0. The molecule has 2 aromatic rings. The second-order valence-corrected chi connectivity index (χ2v) is 4.44. The Hall–Kier alpha value is -2.62. The summed E-state index contributed by atoms with van der Waals surface area (Å²) in [5, 5.41) is 21.3. The van der Waals surface area contributed by atoms with Crippen LogP contribution in [-0.4, -0.2) is 28.1 Å². The van der Waals surface area contributed by atoms with Crippen LogP contribution in [0.2, 0.25) is 0 Å². The van der Waals surface area contributed by atoms with Gasteiger partial charge in [0.15, 0.2) is 6.21 Å². The highest BCUT2D eigenvalue weighted by Crippen LogP contribution is 2.06. The number of rotatable bonds is 5. The van der Waals surface area contributed by atoms with Crippen molar-refractivity contribution in [1.29, 1.82) is 0 Å². The molecule has 102 valence electrons. The quantitative estimate of drug-likeness (QED) is 0.392. The fraction of sp³-hybridized carbons (Fsp3) is 0.125. The van der Waals surface area contributed by atoms with Crippen LogP contribution >= 0.6 is 0 Å². The second-order valence-electron chi connectivity index (χ2n) is 4.44. The molecular weight excluding hydrogens is 254 g/mol. The lowest BCUT2D eigenvalue weighted by Crippen LogP contribution is -2.33. The summed E-state index contributed by atoms with van der Waals surface area (Å²) in [6.07, 6.45) is 1.48. The van der Waals surface area contributed by atoms with Crippen LogP contribution < -0.4 is 0 Å². The Bertz CT molecular complexity index is 594. The average Bonchev–Trinajstić information content (AvgIpc) is 2.46. The van der Waals surface area contributed by atoms with Crippen molar-refractivity contribution in [2.45, 2.75) is 12.5 Å². The molecule has 0 aliphatic heterocycles. The van der Waals surface area contributed by atoms with Gasteiger partial charge in [0.2, 0.25) is 0 Å². The molecule has 4 heteroatoms. The molecule has 0 heterocycles. The maximum atomic E-state index is 12.0. The number of carboxylic acids is 1. The van der Waals surface area contributed by atoms with E-state index in [-0.39, 0.29) is 6.42 Å². The van der Waals surface area contributed by atoms with Crippen LogP contribution in [0.5, 0.6) is 0 Å². The number of aliphatic carboxylic acids is 1. The first-order valence-electron chi connectivity index (χ1n) is 6.29. The molecule has 0 saturated heterocycles. The third kappa shape index (κ3) is 3.68. The Kier molecular flexibility index (Phi) is 4.50.